The van der Waals surface area contributed by atoms with Crippen molar-refractivity contribution in [3.63, 3.8) is 0 Å². The Morgan fingerprint density at radius 3 is 1.95 bits per heavy atom. The molecule has 120 valence electrons. The van der Waals surface area contributed by atoms with Crippen LogP contribution < -0.4 is 0 Å². The molecule has 0 spiro atoms. The van der Waals surface area contributed by atoms with E-state index in [0.29, 0.717) is 11.8 Å². The van der Waals surface area contributed by atoms with Crippen LogP contribution in [0.15, 0.2) is 34.9 Å². The SMILES string of the molecule is CC(C)=CCCC(C)=CCCC(C)=CCOC(=S)N(C)C. The van der Waals surface area contributed by atoms with Crippen molar-refractivity contribution in [2.45, 2.75) is 53.4 Å². The van der Waals surface area contributed by atoms with Gasteiger partial charge in [0.25, 0.3) is 5.17 Å². The maximum atomic E-state index is 5.44. The number of rotatable bonds is 8. The van der Waals surface area contributed by atoms with Crippen molar-refractivity contribution in [2.24, 2.45) is 0 Å². The minimum atomic E-state index is 0.536. The van der Waals surface area contributed by atoms with Crippen molar-refractivity contribution >= 4 is 17.4 Å². The van der Waals surface area contributed by atoms with Crippen LogP contribution in [0.25, 0.3) is 0 Å². The van der Waals surface area contributed by atoms with Crippen LogP contribution in [0.1, 0.15) is 53.4 Å². The first-order valence-corrected chi connectivity index (χ1v) is 8.02. The lowest BCUT2D eigenvalue weighted by Gasteiger charge is -2.13. The number of nitrogens with zero attached hydrogens (tertiary/aromatic N) is 1. The maximum Gasteiger partial charge on any atom is 0.259 e. The van der Waals surface area contributed by atoms with Crippen LogP contribution in [0.3, 0.4) is 0 Å². The van der Waals surface area contributed by atoms with Crippen LogP contribution >= 0.6 is 12.2 Å². The van der Waals surface area contributed by atoms with Gasteiger partial charge in [-0.15, -0.1) is 0 Å². The largest absolute Gasteiger partial charge is 0.467 e. The van der Waals surface area contributed by atoms with Crippen LogP contribution in [0.2, 0.25) is 0 Å². The van der Waals surface area contributed by atoms with E-state index in [4.69, 9.17) is 17.0 Å². The lowest BCUT2D eigenvalue weighted by molar-refractivity contribution is 0.304. The van der Waals surface area contributed by atoms with Crippen molar-refractivity contribution in [1.82, 2.24) is 4.90 Å². The molecule has 0 aliphatic heterocycles. The lowest BCUT2D eigenvalue weighted by Crippen LogP contribution is -2.22. The van der Waals surface area contributed by atoms with E-state index in [1.165, 1.54) is 16.7 Å². The Labute approximate surface area is 136 Å². The molecule has 0 amide bonds. The molecule has 0 unspecified atom stereocenters. The van der Waals surface area contributed by atoms with Gasteiger partial charge in [-0.3, -0.25) is 0 Å². The zero-order chi connectivity index (χ0) is 16.3. The highest BCUT2D eigenvalue weighted by molar-refractivity contribution is 7.80. The molecule has 0 heterocycles. The molecule has 0 rings (SSSR count). The summed E-state index contributed by atoms with van der Waals surface area (Å²) in [6.45, 7) is 9.23. The molecule has 0 radical (unpaired) electrons. The molecule has 0 fully saturated rings. The number of allylic oxidation sites excluding steroid dienone is 5. The Hall–Kier alpha value is -1.09. The lowest BCUT2D eigenvalue weighted by atomic mass is 10.1. The first kappa shape index (κ1) is 19.9. The molecule has 0 aromatic heterocycles. The second-order valence-corrected chi connectivity index (χ2v) is 6.28. The second-order valence-electron chi connectivity index (χ2n) is 5.93. The molecule has 0 saturated heterocycles. The van der Waals surface area contributed by atoms with E-state index in [-0.39, 0.29) is 0 Å². The summed E-state index contributed by atoms with van der Waals surface area (Å²) in [7, 11) is 3.78. The average molecular weight is 310 g/mol. The van der Waals surface area contributed by atoms with Crippen molar-refractivity contribution in [2.75, 3.05) is 20.7 Å². The minimum absolute atomic E-state index is 0.536. The summed E-state index contributed by atoms with van der Waals surface area (Å²) in [5.41, 5.74) is 4.23. The quantitative estimate of drug-likeness (QED) is 0.448. The first-order chi connectivity index (χ1) is 9.82. The van der Waals surface area contributed by atoms with Gasteiger partial charge < -0.3 is 9.64 Å². The fourth-order valence-corrected chi connectivity index (χ4v) is 1.79. The van der Waals surface area contributed by atoms with Gasteiger partial charge in [-0.25, -0.2) is 0 Å². The van der Waals surface area contributed by atoms with Gasteiger partial charge in [0.15, 0.2) is 0 Å². The van der Waals surface area contributed by atoms with Crippen LogP contribution in [0, 0.1) is 0 Å². The third-order valence-electron chi connectivity index (χ3n) is 3.13. The number of hydrogen-bond acceptors (Lipinski definition) is 2. The highest BCUT2D eigenvalue weighted by Gasteiger charge is 1.97. The molecule has 0 bridgehead atoms. The summed E-state index contributed by atoms with van der Waals surface area (Å²) in [4.78, 5) is 1.80. The summed E-state index contributed by atoms with van der Waals surface area (Å²) in [6, 6.07) is 0. The summed E-state index contributed by atoms with van der Waals surface area (Å²) in [6.07, 6.45) is 11.2. The zero-order valence-electron chi connectivity index (χ0n) is 14.5. The van der Waals surface area contributed by atoms with E-state index in [2.05, 4.69) is 45.9 Å². The number of thiocarbonyl (C=S) groups is 1. The zero-order valence-corrected chi connectivity index (χ0v) is 15.3. The Bertz CT molecular complexity index is 401. The Morgan fingerprint density at radius 1 is 0.905 bits per heavy atom. The van der Waals surface area contributed by atoms with E-state index in [1.807, 2.05) is 14.1 Å². The number of ether oxygens (including phenoxy) is 1. The van der Waals surface area contributed by atoms with Crippen LogP contribution in [0.5, 0.6) is 0 Å². The molecular weight excluding hydrogens is 278 g/mol. The normalized spacial score (nSPS) is 12.1. The van der Waals surface area contributed by atoms with Crippen LogP contribution in [0.4, 0.5) is 0 Å². The van der Waals surface area contributed by atoms with E-state index in [0.717, 1.165) is 25.7 Å². The van der Waals surface area contributed by atoms with E-state index >= 15 is 0 Å². The van der Waals surface area contributed by atoms with E-state index in [1.54, 1.807) is 4.90 Å². The van der Waals surface area contributed by atoms with E-state index in [9.17, 15) is 0 Å². The molecule has 0 aromatic carbocycles. The molecule has 21 heavy (non-hydrogen) atoms. The van der Waals surface area contributed by atoms with Crippen LogP contribution in [-0.2, 0) is 4.74 Å². The number of hydrogen-bond donors (Lipinski definition) is 0. The molecule has 2 nitrogen and oxygen atoms in total. The van der Waals surface area contributed by atoms with Gasteiger partial charge in [0.2, 0.25) is 0 Å². The van der Waals surface area contributed by atoms with Gasteiger partial charge in [0, 0.05) is 14.1 Å². The van der Waals surface area contributed by atoms with Crippen molar-refractivity contribution < 1.29 is 4.74 Å². The smallest absolute Gasteiger partial charge is 0.259 e. The molecule has 0 atom stereocenters. The highest BCUT2D eigenvalue weighted by atomic mass is 32.1. The fraction of sp³-hybridized carbons (Fsp3) is 0.611. The van der Waals surface area contributed by atoms with Crippen LogP contribution in [-0.4, -0.2) is 30.8 Å². The van der Waals surface area contributed by atoms with Crippen molar-refractivity contribution in [1.29, 1.82) is 0 Å². The van der Waals surface area contributed by atoms with Gasteiger partial charge >= 0.3 is 0 Å². The summed E-state index contributed by atoms with van der Waals surface area (Å²) >= 11 is 5.07. The van der Waals surface area contributed by atoms with Crippen molar-refractivity contribution in [3.8, 4) is 0 Å². The second kappa shape index (κ2) is 11.6. The van der Waals surface area contributed by atoms with Gasteiger partial charge in [0.1, 0.15) is 6.61 Å². The van der Waals surface area contributed by atoms with Gasteiger partial charge in [-0.1, -0.05) is 28.9 Å². The highest BCUT2D eigenvalue weighted by Crippen LogP contribution is 2.11. The minimum Gasteiger partial charge on any atom is -0.467 e. The van der Waals surface area contributed by atoms with Gasteiger partial charge in [-0.2, -0.15) is 0 Å². The maximum absolute atomic E-state index is 5.44. The Morgan fingerprint density at radius 2 is 1.43 bits per heavy atom. The Kier molecular flexibility index (Phi) is 11.0. The summed E-state index contributed by atoms with van der Waals surface area (Å²) in [5.74, 6) is 0. The predicted octanol–water partition coefficient (Wildman–Crippen LogP) is 5.27. The first-order valence-electron chi connectivity index (χ1n) is 7.61. The van der Waals surface area contributed by atoms with Gasteiger partial charge in [-0.05, 0) is 71.7 Å². The summed E-state index contributed by atoms with van der Waals surface area (Å²) in [5, 5.41) is 0.536. The van der Waals surface area contributed by atoms with Gasteiger partial charge in [0.05, 0.1) is 0 Å². The monoisotopic (exact) mass is 309 g/mol. The predicted molar refractivity (Wildman–Crippen MR) is 97.7 cm³/mol. The molecule has 0 aliphatic carbocycles. The molecule has 0 aliphatic rings. The molecular formula is C18H31NOS. The van der Waals surface area contributed by atoms with Crippen molar-refractivity contribution in [3.05, 3.63) is 34.9 Å². The Balaban J connectivity index is 3.93. The molecule has 3 heteroatoms. The molecule has 0 saturated carbocycles. The molecule has 0 N–H and O–H groups in total. The third-order valence-corrected chi connectivity index (χ3v) is 3.61. The average Bonchev–Trinajstić information content (AvgIpc) is 2.37. The van der Waals surface area contributed by atoms with E-state index < -0.39 is 0 Å². The molecule has 0 aromatic rings. The standard InChI is InChI=1S/C18H31NOS/c1-15(2)9-7-10-16(3)11-8-12-17(4)13-14-20-18(21)19(5)6/h9,11,13H,7-8,10,12,14H2,1-6H3. The third kappa shape index (κ3) is 12.4. The summed E-state index contributed by atoms with van der Waals surface area (Å²) < 4.78 is 5.44. The topological polar surface area (TPSA) is 12.5 Å². The fourth-order valence-electron chi connectivity index (χ4n) is 1.72.